The molecular weight excluding hydrogens is 266 g/mol. The minimum atomic E-state index is -3.57. The molecule has 2 rings (SSSR count). The normalized spacial score (nSPS) is 44.6. The van der Waals surface area contributed by atoms with E-state index in [2.05, 4.69) is 0 Å². The van der Waals surface area contributed by atoms with E-state index in [0.29, 0.717) is 0 Å². The summed E-state index contributed by atoms with van der Waals surface area (Å²) in [5.74, 6) is 0. The summed E-state index contributed by atoms with van der Waals surface area (Å²) >= 11 is 0. The molecule has 2 aliphatic rings. The Labute approximate surface area is 105 Å². The van der Waals surface area contributed by atoms with E-state index < -0.39 is 46.8 Å². The number of aliphatic hydroxyl groups excluding tert-OH is 3. The molecule has 9 heteroatoms. The molecule has 5 atom stereocenters. The Morgan fingerprint density at radius 2 is 2.06 bits per heavy atom. The van der Waals surface area contributed by atoms with Crippen LogP contribution >= 0.6 is 0 Å². The van der Waals surface area contributed by atoms with E-state index in [1.54, 1.807) is 0 Å². The summed E-state index contributed by atoms with van der Waals surface area (Å²) in [4.78, 5) is 0. The number of aliphatic hydroxyl groups is 3. The van der Waals surface area contributed by atoms with Gasteiger partial charge >= 0.3 is 0 Å². The fraction of sp³-hybridized carbons (Fsp3) is 1.00. The van der Waals surface area contributed by atoms with E-state index in [9.17, 15) is 23.7 Å². The Morgan fingerprint density at radius 3 is 2.56 bits per heavy atom. The Kier molecular flexibility index (Phi) is 3.43. The predicted octanol–water partition coefficient (Wildman–Crippen LogP) is -2.91. The quantitative estimate of drug-likeness (QED) is 0.508. The van der Waals surface area contributed by atoms with Crippen LogP contribution in [0.1, 0.15) is 0 Å². The summed E-state index contributed by atoms with van der Waals surface area (Å²) in [6.45, 7) is -0.614. The van der Waals surface area contributed by atoms with Crippen LogP contribution in [0.5, 0.6) is 0 Å². The highest BCUT2D eigenvalue weighted by Crippen LogP contribution is 2.38. The van der Waals surface area contributed by atoms with Crippen molar-refractivity contribution in [2.75, 3.05) is 26.5 Å². The van der Waals surface area contributed by atoms with Crippen LogP contribution in [0.25, 0.3) is 0 Å². The van der Waals surface area contributed by atoms with Gasteiger partial charge in [0.1, 0.15) is 23.9 Å². The first-order valence-electron chi connectivity index (χ1n) is 5.42. The lowest BCUT2D eigenvalue weighted by Gasteiger charge is -2.44. The number of fused-ring (bicyclic) bond motifs is 2. The molecule has 0 aromatic rings. The van der Waals surface area contributed by atoms with Crippen molar-refractivity contribution in [1.82, 2.24) is 4.31 Å². The third-order valence-electron chi connectivity index (χ3n) is 3.54. The van der Waals surface area contributed by atoms with Crippen molar-refractivity contribution in [3.8, 4) is 0 Å². The molecule has 0 spiro atoms. The van der Waals surface area contributed by atoms with Gasteiger partial charge in [-0.15, -0.1) is 0 Å². The van der Waals surface area contributed by atoms with Crippen molar-refractivity contribution >= 4 is 10.0 Å². The van der Waals surface area contributed by atoms with Gasteiger partial charge in [-0.1, -0.05) is 0 Å². The van der Waals surface area contributed by atoms with Gasteiger partial charge < -0.3 is 24.8 Å². The van der Waals surface area contributed by atoms with Crippen molar-refractivity contribution in [2.45, 2.75) is 30.1 Å². The van der Waals surface area contributed by atoms with Gasteiger partial charge in [0.2, 0.25) is 10.0 Å². The first kappa shape index (κ1) is 14.1. The Balaban J connectivity index is 2.31. The van der Waals surface area contributed by atoms with Gasteiger partial charge in [0.25, 0.3) is 0 Å². The van der Waals surface area contributed by atoms with Crippen LogP contribution in [0.2, 0.25) is 0 Å². The predicted molar refractivity (Wildman–Crippen MR) is 59.1 cm³/mol. The molecule has 18 heavy (non-hydrogen) atoms. The average Bonchev–Trinajstić information content (AvgIpc) is 2.68. The summed E-state index contributed by atoms with van der Waals surface area (Å²) in [6, 6.07) is -1.04. The average molecular weight is 283 g/mol. The number of rotatable bonds is 3. The van der Waals surface area contributed by atoms with E-state index in [1.807, 2.05) is 0 Å². The van der Waals surface area contributed by atoms with E-state index >= 15 is 0 Å². The van der Waals surface area contributed by atoms with E-state index in [-0.39, 0.29) is 6.61 Å². The van der Waals surface area contributed by atoms with Crippen molar-refractivity contribution in [2.24, 2.45) is 0 Å². The molecule has 2 bridgehead atoms. The second kappa shape index (κ2) is 4.37. The van der Waals surface area contributed by atoms with Crippen LogP contribution in [-0.2, 0) is 19.5 Å². The lowest BCUT2D eigenvalue weighted by Crippen LogP contribution is -2.66. The summed E-state index contributed by atoms with van der Waals surface area (Å²) in [5, 5.41) is 29.2. The summed E-state index contributed by atoms with van der Waals surface area (Å²) in [7, 11) is -2.30. The number of sulfonamides is 1. The van der Waals surface area contributed by atoms with Crippen molar-refractivity contribution in [3.05, 3.63) is 0 Å². The maximum Gasteiger partial charge on any atom is 0.211 e. The highest BCUT2D eigenvalue weighted by Gasteiger charge is 2.60. The van der Waals surface area contributed by atoms with E-state index in [1.165, 1.54) is 7.05 Å². The molecule has 106 valence electrons. The zero-order valence-electron chi connectivity index (χ0n) is 10.1. The van der Waals surface area contributed by atoms with Gasteiger partial charge in [-0.25, -0.2) is 8.42 Å². The Hall–Kier alpha value is -0.290. The van der Waals surface area contributed by atoms with Crippen LogP contribution in [0.3, 0.4) is 0 Å². The molecule has 0 radical (unpaired) electrons. The van der Waals surface area contributed by atoms with Crippen LogP contribution in [-0.4, -0.2) is 84.7 Å². The lowest BCUT2D eigenvalue weighted by atomic mass is 9.88. The van der Waals surface area contributed by atoms with Gasteiger partial charge in [0.15, 0.2) is 6.29 Å². The minimum Gasteiger partial charge on any atom is -0.393 e. The second-order valence-corrected chi connectivity index (χ2v) is 6.77. The molecule has 5 unspecified atom stereocenters. The van der Waals surface area contributed by atoms with Gasteiger partial charge in [-0.2, -0.15) is 4.31 Å². The highest BCUT2D eigenvalue weighted by molar-refractivity contribution is 7.88. The van der Waals surface area contributed by atoms with Crippen LogP contribution in [0.15, 0.2) is 0 Å². The van der Waals surface area contributed by atoms with Crippen LogP contribution in [0.4, 0.5) is 0 Å². The maximum atomic E-state index is 11.5. The summed E-state index contributed by atoms with van der Waals surface area (Å²) in [6.07, 6.45) is -2.83. The molecule has 8 nitrogen and oxygen atoms in total. The molecule has 0 aliphatic carbocycles. The molecule has 3 N–H and O–H groups in total. The molecule has 0 aromatic carbocycles. The van der Waals surface area contributed by atoms with Gasteiger partial charge in [0.05, 0.1) is 19.5 Å². The van der Waals surface area contributed by atoms with Gasteiger partial charge in [0, 0.05) is 7.05 Å². The van der Waals surface area contributed by atoms with Crippen LogP contribution < -0.4 is 0 Å². The van der Waals surface area contributed by atoms with Crippen molar-refractivity contribution < 1.29 is 33.2 Å². The zero-order valence-corrected chi connectivity index (χ0v) is 10.9. The zero-order chi connectivity index (χ0) is 13.7. The minimum absolute atomic E-state index is 0.0967. The number of hydrogen-bond acceptors (Lipinski definition) is 7. The SMILES string of the molecule is CN(C1C2OCC(CO)(O2)C(O)C1O)S(C)(=O)=O. The maximum absolute atomic E-state index is 11.5. The number of likely N-dealkylation sites (N-methyl/N-ethyl adjacent to an activating group) is 1. The number of ether oxygens (including phenoxy) is 2. The largest absolute Gasteiger partial charge is 0.393 e. The smallest absolute Gasteiger partial charge is 0.211 e. The van der Waals surface area contributed by atoms with Gasteiger partial charge in [-0.3, -0.25) is 0 Å². The molecule has 0 saturated carbocycles. The fourth-order valence-corrected chi connectivity index (χ4v) is 2.96. The first-order chi connectivity index (χ1) is 8.23. The van der Waals surface area contributed by atoms with Crippen molar-refractivity contribution in [3.63, 3.8) is 0 Å². The molecule has 2 saturated heterocycles. The second-order valence-electron chi connectivity index (χ2n) is 4.73. The summed E-state index contributed by atoms with van der Waals surface area (Å²) in [5.41, 5.74) is -1.38. The van der Waals surface area contributed by atoms with Crippen LogP contribution in [0, 0.1) is 0 Å². The number of hydrogen-bond donors (Lipinski definition) is 3. The third-order valence-corrected chi connectivity index (χ3v) is 4.83. The lowest BCUT2D eigenvalue weighted by molar-refractivity contribution is -0.242. The van der Waals surface area contributed by atoms with E-state index in [4.69, 9.17) is 9.47 Å². The standard InChI is InChI=1S/C9H17NO7S/c1-10(18(2,14)15)5-6(12)7(13)9(3-11)4-16-8(5)17-9/h5-8,11-13H,3-4H2,1-2H3. The monoisotopic (exact) mass is 283 g/mol. The van der Waals surface area contributed by atoms with E-state index in [0.717, 1.165) is 10.6 Å². The number of nitrogens with zero attached hydrogens (tertiary/aromatic N) is 1. The van der Waals surface area contributed by atoms with Crippen molar-refractivity contribution in [1.29, 1.82) is 0 Å². The topological polar surface area (TPSA) is 117 Å². The molecule has 2 fully saturated rings. The fourth-order valence-electron chi connectivity index (χ4n) is 2.29. The molecule has 0 amide bonds. The molecule has 0 aromatic heterocycles. The molecular formula is C9H17NO7S. The Bertz CT molecular complexity index is 427. The first-order valence-corrected chi connectivity index (χ1v) is 7.27. The van der Waals surface area contributed by atoms with Gasteiger partial charge in [-0.05, 0) is 0 Å². The molecule has 2 heterocycles. The third kappa shape index (κ3) is 1.95. The Morgan fingerprint density at radius 1 is 1.44 bits per heavy atom. The summed E-state index contributed by atoms with van der Waals surface area (Å²) < 4.78 is 34.5. The molecule has 2 aliphatic heterocycles. The highest BCUT2D eigenvalue weighted by atomic mass is 32.2.